The molecule has 5 rings (SSSR count). The molecule has 8 heteroatoms. The predicted molar refractivity (Wildman–Crippen MR) is 112 cm³/mol. The van der Waals surface area contributed by atoms with Crippen LogP contribution in [-0.4, -0.2) is 41.8 Å². The molecule has 0 unspecified atom stereocenters. The van der Waals surface area contributed by atoms with E-state index in [0.29, 0.717) is 12.4 Å². The number of pyridine rings is 1. The van der Waals surface area contributed by atoms with E-state index in [1.807, 2.05) is 36.0 Å². The lowest BCUT2D eigenvalue weighted by molar-refractivity contribution is -0.123. The van der Waals surface area contributed by atoms with E-state index < -0.39 is 0 Å². The Morgan fingerprint density at radius 1 is 1.34 bits per heavy atom. The van der Waals surface area contributed by atoms with Crippen molar-refractivity contribution in [3.63, 3.8) is 0 Å². The van der Waals surface area contributed by atoms with Crippen molar-refractivity contribution in [2.24, 2.45) is 0 Å². The smallest absolute Gasteiger partial charge is 0.224 e. The van der Waals surface area contributed by atoms with Crippen molar-refractivity contribution < 1.29 is 4.79 Å². The molecule has 1 saturated carbocycles. The molecule has 0 aliphatic heterocycles. The van der Waals surface area contributed by atoms with Crippen molar-refractivity contribution in [2.45, 2.75) is 44.7 Å². The number of aromatic nitrogens is 5. The van der Waals surface area contributed by atoms with Crippen LogP contribution < -0.4 is 10.6 Å². The first-order valence-corrected chi connectivity index (χ1v) is 9.88. The first kappa shape index (κ1) is 17.7. The van der Waals surface area contributed by atoms with E-state index in [1.165, 1.54) is 0 Å². The fourth-order valence-corrected chi connectivity index (χ4v) is 4.13. The molecule has 0 bridgehead atoms. The Bertz CT molecular complexity index is 1200. The van der Waals surface area contributed by atoms with Crippen LogP contribution in [-0.2, 0) is 4.79 Å². The minimum Gasteiger partial charge on any atom is -0.351 e. The third-order valence-electron chi connectivity index (χ3n) is 5.62. The van der Waals surface area contributed by atoms with Gasteiger partial charge in [0.25, 0.3) is 0 Å². The van der Waals surface area contributed by atoms with E-state index in [-0.39, 0.29) is 17.5 Å². The molecule has 1 aliphatic rings. The quantitative estimate of drug-likeness (QED) is 0.487. The number of carbonyl (C=O) groups excluding carboxylic acids is 1. The van der Waals surface area contributed by atoms with Crippen LogP contribution in [0.4, 0.5) is 5.95 Å². The van der Waals surface area contributed by atoms with Gasteiger partial charge in [-0.25, -0.2) is 9.97 Å². The molecule has 3 N–H and O–H groups in total. The minimum atomic E-state index is -0.138. The van der Waals surface area contributed by atoms with Crippen molar-refractivity contribution in [3.8, 4) is 11.1 Å². The highest BCUT2D eigenvalue weighted by molar-refractivity contribution is 5.93. The third kappa shape index (κ3) is 3.20. The monoisotopic (exact) mass is 389 g/mol. The van der Waals surface area contributed by atoms with E-state index in [1.54, 1.807) is 6.20 Å². The van der Waals surface area contributed by atoms with Gasteiger partial charge < -0.3 is 20.0 Å². The highest BCUT2D eigenvalue weighted by atomic mass is 16.1. The number of imidazole rings is 1. The van der Waals surface area contributed by atoms with Crippen LogP contribution in [0.3, 0.4) is 0 Å². The maximum atomic E-state index is 11.6. The molecule has 0 spiro atoms. The lowest BCUT2D eigenvalue weighted by Crippen LogP contribution is -2.59. The maximum Gasteiger partial charge on any atom is 0.224 e. The SMILES string of the molecule is CCC(=O)NC1(C)CC(Nc2ncc3c(-c4ccc5nccn5c4)c[nH]c3n2)C1. The van der Waals surface area contributed by atoms with Gasteiger partial charge in [-0.1, -0.05) is 6.92 Å². The van der Waals surface area contributed by atoms with Gasteiger partial charge in [0, 0.05) is 65.5 Å². The molecule has 0 aromatic carbocycles. The van der Waals surface area contributed by atoms with Crippen molar-refractivity contribution in [3.05, 3.63) is 43.1 Å². The number of nitrogens with one attached hydrogen (secondary N) is 3. The molecule has 4 aromatic heterocycles. The van der Waals surface area contributed by atoms with E-state index in [9.17, 15) is 4.79 Å². The number of rotatable bonds is 5. The molecule has 1 fully saturated rings. The summed E-state index contributed by atoms with van der Waals surface area (Å²) < 4.78 is 2.00. The number of aromatic amines is 1. The van der Waals surface area contributed by atoms with Crippen LogP contribution in [0.15, 0.2) is 43.1 Å². The molecule has 4 aromatic rings. The number of fused-ring (bicyclic) bond motifs is 2. The molecular weight excluding hydrogens is 366 g/mol. The predicted octanol–water partition coefficient (Wildman–Crippen LogP) is 3.13. The van der Waals surface area contributed by atoms with E-state index in [0.717, 1.165) is 40.6 Å². The Morgan fingerprint density at radius 3 is 3.03 bits per heavy atom. The average molecular weight is 389 g/mol. The van der Waals surface area contributed by atoms with Gasteiger partial charge in [-0.05, 0) is 31.9 Å². The number of anilines is 1. The number of amides is 1. The van der Waals surface area contributed by atoms with Gasteiger partial charge in [-0.15, -0.1) is 0 Å². The molecule has 0 saturated heterocycles. The molecule has 1 amide bonds. The normalized spacial score (nSPS) is 21.2. The Kier molecular flexibility index (Phi) is 4.01. The second-order valence-corrected chi connectivity index (χ2v) is 7.98. The number of hydrogen-bond acceptors (Lipinski definition) is 5. The molecule has 29 heavy (non-hydrogen) atoms. The van der Waals surface area contributed by atoms with Crippen LogP contribution in [0.1, 0.15) is 33.1 Å². The Balaban J connectivity index is 1.33. The highest BCUT2D eigenvalue weighted by Gasteiger charge is 2.41. The van der Waals surface area contributed by atoms with E-state index in [2.05, 4.69) is 49.8 Å². The summed E-state index contributed by atoms with van der Waals surface area (Å²) in [6, 6.07) is 4.31. The number of hydrogen-bond donors (Lipinski definition) is 3. The second kappa shape index (κ2) is 6.58. The average Bonchev–Trinajstić information content (AvgIpc) is 3.32. The molecule has 0 atom stereocenters. The Hall–Kier alpha value is -3.42. The molecule has 4 heterocycles. The lowest BCUT2D eigenvalue weighted by Gasteiger charge is -2.45. The van der Waals surface area contributed by atoms with E-state index in [4.69, 9.17) is 0 Å². The summed E-state index contributed by atoms with van der Waals surface area (Å²) in [5.74, 6) is 0.696. The molecular formula is C21H23N7O. The van der Waals surface area contributed by atoms with Gasteiger partial charge >= 0.3 is 0 Å². The zero-order chi connectivity index (χ0) is 20.0. The van der Waals surface area contributed by atoms with Crippen molar-refractivity contribution in [2.75, 3.05) is 5.32 Å². The van der Waals surface area contributed by atoms with Crippen molar-refractivity contribution in [1.82, 2.24) is 29.7 Å². The molecule has 0 radical (unpaired) electrons. The van der Waals surface area contributed by atoms with Gasteiger partial charge in [-0.2, -0.15) is 4.98 Å². The standard InChI is InChI=1S/C21H23N7O/c1-3-18(29)27-21(2)8-14(9-21)25-20-24-11-16-15(10-23-19(16)26-20)13-4-5-17-22-6-7-28(17)12-13/h4-7,10-12,14H,3,8-9H2,1-2H3,(H,27,29)(H2,23,24,25,26). The summed E-state index contributed by atoms with van der Waals surface area (Å²) in [6.07, 6.45) is 11.8. The van der Waals surface area contributed by atoms with Crippen LogP contribution in [0.2, 0.25) is 0 Å². The third-order valence-corrected chi connectivity index (χ3v) is 5.62. The molecule has 8 nitrogen and oxygen atoms in total. The Morgan fingerprint density at radius 2 is 2.21 bits per heavy atom. The van der Waals surface area contributed by atoms with Crippen LogP contribution in [0, 0.1) is 0 Å². The van der Waals surface area contributed by atoms with Gasteiger partial charge in [-0.3, -0.25) is 4.79 Å². The summed E-state index contributed by atoms with van der Waals surface area (Å²) in [4.78, 5) is 28.3. The summed E-state index contributed by atoms with van der Waals surface area (Å²) in [5.41, 5.74) is 3.71. The number of nitrogens with zero attached hydrogens (tertiary/aromatic N) is 4. The maximum absolute atomic E-state index is 11.6. The van der Waals surface area contributed by atoms with Crippen molar-refractivity contribution >= 4 is 28.5 Å². The highest BCUT2D eigenvalue weighted by Crippen LogP contribution is 2.34. The molecule has 148 valence electrons. The summed E-state index contributed by atoms with van der Waals surface area (Å²) in [5, 5.41) is 7.44. The lowest BCUT2D eigenvalue weighted by atomic mass is 9.74. The zero-order valence-corrected chi connectivity index (χ0v) is 16.4. The summed E-state index contributed by atoms with van der Waals surface area (Å²) in [7, 11) is 0. The minimum absolute atomic E-state index is 0.0939. The van der Waals surface area contributed by atoms with E-state index >= 15 is 0 Å². The van der Waals surface area contributed by atoms with Gasteiger partial charge in [0.05, 0.1) is 0 Å². The fourth-order valence-electron chi connectivity index (χ4n) is 4.13. The fraction of sp³-hybridized carbons (Fsp3) is 0.333. The zero-order valence-electron chi connectivity index (χ0n) is 16.4. The van der Waals surface area contributed by atoms with Crippen LogP contribution >= 0.6 is 0 Å². The molecule has 1 aliphatic carbocycles. The van der Waals surface area contributed by atoms with Gasteiger partial charge in [0.15, 0.2) is 0 Å². The first-order chi connectivity index (χ1) is 14.0. The second-order valence-electron chi connectivity index (χ2n) is 7.98. The summed E-state index contributed by atoms with van der Waals surface area (Å²) >= 11 is 0. The van der Waals surface area contributed by atoms with Gasteiger partial charge in [0.1, 0.15) is 11.3 Å². The Labute approximate surface area is 167 Å². The summed E-state index contributed by atoms with van der Waals surface area (Å²) in [6.45, 7) is 3.95. The van der Waals surface area contributed by atoms with Crippen LogP contribution in [0.25, 0.3) is 27.8 Å². The number of carbonyl (C=O) groups is 1. The van der Waals surface area contributed by atoms with Gasteiger partial charge in [0.2, 0.25) is 11.9 Å². The first-order valence-electron chi connectivity index (χ1n) is 9.88. The van der Waals surface area contributed by atoms with Crippen LogP contribution in [0.5, 0.6) is 0 Å². The number of H-pyrrole nitrogens is 1. The van der Waals surface area contributed by atoms with Crippen molar-refractivity contribution in [1.29, 1.82) is 0 Å². The topological polar surface area (TPSA) is 100 Å². The largest absolute Gasteiger partial charge is 0.351 e.